The monoisotopic (exact) mass is 203 g/mol. The van der Waals surface area contributed by atoms with Gasteiger partial charge in [-0.2, -0.15) is 0 Å². The third-order valence-corrected chi connectivity index (χ3v) is 2.10. The summed E-state index contributed by atoms with van der Waals surface area (Å²) in [6.45, 7) is 1.78. The summed E-state index contributed by atoms with van der Waals surface area (Å²) in [4.78, 5) is 28.9. The van der Waals surface area contributed by atoms with E-state index in [4.69, 9.17) is 0 Å². The fraction of sp³-hybridized carbons (Fsp3) is 0.100. The molecule has 0 saturated carbocycles. The van der Waals surface area contributed by atoms with E-state index in [0.717, 1.165) is 11.9 Å². The molecule has 0 unspecified atom stereocenters. The lowest BCUT2D eigenvalue weighted by Gasteiger charge is -2.03. The molecule has 0 saturated heterocycles. The molecule has 5 nitrogen and oxygen atoms in total. The first-order valence-corrected chi connectivity index (χ1v) is 4.30. The van der Waals surface area contributed by atoms with Crippen LogP contribution in [0.2, 0.25) is 0 Å². The summed E-state index contributed by atoms with van der Waals surface area (Å²) in [6.07, 6.45) is 1.10. The molecular formula is C10H7N2O3-. The summed E-state index contributed by atoms with van der Waals surface area (Å²) >= 11 is 0. The van der Waals surface area contributed by atoms with E-state index in [1.165, 1.54) is 0 Å². The normalized spacial score (nSPS) is 10.5. The van der Waals surface area contributed by atoms with Crippen molar-refractivity contribution in [2.45, 2.75) is 6.92 Å². The van der Waals surface area contributed by atoms with E-state index in [2.05, 4.69) is 9.97 Å². The summed E-state index contributed by atoms with van der Waals surface area (Å²) in [5.41, 5.74) is 0.175. The largest absolute Gasteiger partial charge is 0.545 e. The molecule has 0 amide bonds. The molecule has 0 radical (unpaired) electrons. The van der Waals surface area contributed by atoms with Gasteiger partial charge in [-0.15, -0.1) is 0 Å². The van der Waals surface area contributed by atoms with Gasteiger partial charge in [-0.3, -0.25) is 4.79 Å². The van der Waals surface area contributed by atoms with E-state index in [1.807, 2.05) is 0 Å². The van der Waals surface area contributed by atoms with Crippen LogP contribution in [-0.4, -0.2) is 15.9 Å². The molecule has 5 heteroatoms. The second kappa shape index (κ2) is 3.20. The van der Waals surface area contributed by atoms with Gasteiger partial charge in [0.2, 0.25) is 0 Å². The molecule has 2 rings (SSSR count). The quantitative estimate of drug-likeness (QED) is 0.682. The number of aromatic nitrogens is 2. The van der Waals surface area contributed by atoms with Crippen LogP contribution < -0.4 is 10.5 Å². The summed E-state index contributed by atoms with van der Waals surface area (Å²) in [5, 5.41) is 10.8. The topological polar surface area (TPSA) is 85.9 Å². The van der Waals surface area contributed by atoms with Crippen LogP contribution in [-0.2, 0) is 0 Å². The lowest BCUT2D eigenvalue weighted by molar-refractivity contribution is -0.255. The van der Waals surface area contributed by atoms with Gasteiger partial charge in [0.15, 0.2) is 5.43 Å². The van der Waals surface area contributed by atoms with Crippen LogP contribution in [0.4, 0.5) is 0 Å². The number of carboxylic acid groups (broad SMARTS) is 1. The van der Waals surface area contributed by atoms with E-state index in [9.17, 15) is 14.7 Å². The van der Waals surface area contributed by atoms with E-state index in [0.29, 0.717) is 5.65 Å². The zero-order valence-electron chi connectivity index (χ0n) is 7.90. The van der Waals surface area contributed by atoms with Crippen molar-refractivity contribution in [1.82, 2.24) is 9.97 Å². The van der Waals surface area contributed by atoms with E-state index in [1.54, 1.807) is 19.1 Å². The van der Waals surface area contributed by atoms with Crippen molar-refractivity contribution in [1.29, 1.82) is 0 Å². The average molecular weight is 203 g/mol. The standard InChI is InChI=1S/C10H8N2O3/c1-5-2-3-6-8(13)7(10(14)15)4-11-9(6)12-5/h2-4H,1H3,(H,14,15)(H,11,12,13)/p-1. The van der Waals surface area contributed by atoms with Crippen molar-refractivity contribution in [2.75, 3.05) is 0 Å². The minimum absolute atomic E-state index is 0.252. The molecule has 76 valence electrons. The second-order valence-corrected chi connectivity index (χ2v) is 3.17. The maximum Gasteiger partial charge on any atom is 0.200 e. The molecule has 0 aliphatic rings. The third kappa shape index (κ3) is 1.48. The average Bonchev–Trinajstić information content (AvgIpc) is 2.17. The molecule has 0 aliphatic heterocycles. The molecule has 2 heterocycles. The van der Waals surface area contributed by atoms with Gasteiger partial charge in [0, 0.05) is 11.9 Å². The van der Waals surface area contributed by atoms with E-state index in [-0.39, 0.29) is 10.9 Å². The Labute approximate surface area is 84.4 Å². The number of fused-ring (bicyclic) bond motifs is 1. The number of aryl methyl sites for hydroxylation is 1. The number of H-pyrrole nitrogens is 1. The highest BCUT2D eigenvalue weighted by molar-refractivity contribution is 5.90. The van der Waals surface area contributed by atoms with E-state index < -0.39 is 11.4 Å². The van der Waals surface area contributed by atoms with Crippen molar-refractivity contribution in [2.24, 2.45) is 0 Å². The van der Waals surface area contributed by atoms with Gasteiger partial charge in [0.25, 0.3) is 0 Å². The first-order chi connectivity index (χ1) is 7.09. The molecule has 1 N–H and O–H groups in total. The smallest absolute Gasteiger partial charge is 0.200 e. The number of rotatable bonds is 1. The van der Waals surface area contributed by atoms with Crippen LogP contribution >= 0.6 is 0 Å². The van der Waals surface area contributed by atoms with Gasteiger partial charge in [-0.05, 0) is 19.1 Å². The molecular weight excluding hydrogens is 196 g/mol. The summed E-state index contributed by atoms with van der Waals surface area (Å²) < 4.78 is 0. The predicted molar refractivity (Wildman–Crippen MR) is 51.4 cm³/mol. The molecule has 0 bridgehead atoms. The second-order valence-electron chi connectivity index (χ2n) is 3.17. The van der Waals surface area contributed by atoms with Crippen molar-refractivity contribution in [3.05, 3.63) is 39.8 Å². The van der Waals surface area contributed by atoms with Crippen LogP contribution in [0, 0.1) is 6.92 Å². The Bertz CT molecular complexity index is 601. The number of aromatic amines is 1. The van der Waals surface area contributed by atoms with E-state index >= 15 is 0 Å². The number of nitrogens with zero attached hydrogens (tertiary/aromatic N) is 1. The van der Waals surface area contributed by atoms with Crippen LogP contribution in [0.15, 0.2) is 23.1 Å². The number of carboxylic acids is 1. The molecule has 15 heavy (non-hydrogen) atoms. The Kier molecular flexibility index (Phi) is 2.00. The fourth-order valence-corrected chi connectivity index (χ4v) is 1.35. The van der Waals surface area contributed by atoms with Gasteiger partial charge in [-0.25, -0.2) is 4.98 Å². The lowest BCUT2D eigenvalue weighted by atomic mass is 10.2. The molecule has 2 aromatic heterocycles. The molecule has 0 fully saturated rings. The SMILES string of the molecule is Cc1ccc2c(=O)c(C(=O)[O-])c[nH]c2n1. The Balaban J connectivity index is 2.86. The third-order valence-electron chi connectivity index (χ3n) is 2.10. The van der Waals surface area contributed by atoms with Crippen molar-refractivity contribution < 1.29 is 9.90 Å². The number of pyridine rings is 2. The van der Waals surface area contributed by atoms with Crippen LogP contribution in [0.1, 0.15) is 16.1 Å². The molecule has 0 spiro atoms. The number of nitrogens with one attached hydrogen (secondary N) is 1. The minimum Gasteiger partial charge on any atom is -0.545 e. The highest BCUT2D eigenvalue weighted by Crippen LogP contribution is 2.05. The number of carbonyl (C=O) groups is 1. The van der Waals surface area contributed by atoms with Gasteiger partial charge >= 0.3 is 0 Å². The molecule has 0 aliphatic carbocycles. The maximum absolute atomic E-state index is 11.6. The summed E-state index contributed by atoms with van der Waals surface area (Å²) in [6, 6.07) is 3.19. The highest BCUT2D eigenvalue weighted by atomic mass is 16.4. The maximum atomic E-state index is 11.6. The number of carbonyl (C=O) groups excluding carboxylic acids is 1. The fourth-order valence-electron chi connectivity index (χ4n) is 1.35. The zero-order valence-corrected chi connectivity index (χ0v) is 7.90. The Hall–Kier alpha value is -2.17. The Morgan fingerprint density at radius 2 is 2.20 bits per heavy atom. The molecule has 2 aromatic rings. The predicted octanol–water partition coefficient (Wildman–Crippen LogP) is -0.405. The lowest BCUT2D eigenvalue weighted by Crippen LogP contribution is -2.29. The van der Waals surface area contributed by atoms with Crippen molar-refractivity contribution in [3.63, 3.8) is 0 Å². The minimum atomic E-state index is -1.49. The van der Waals surface area contributed by atoms with Gasteiger partial charge in [0.05, 0.1) is 16.9 Å². The first kappa shape index (κ1) is 9.39. The summed E-state index contributed by atoms with van der Waals surface area (Å²) in [5.74, 6) is -1.49. The van der Waals surface area contributed by atoms with Crippen LogP contribution in [0.3, 0.4) is 0 Å². The zero-order chi connectivity index (χ0) is 11.0. The molecule has 0 aromatic carbocycles. The Morgan fingerprint density at radius 3 is 2.87 bits per heavy atom. The van der Waals surface area contributed by atoms with Gasteiger partial charge in [0.1, 0.15) is 5.65 Å². The summed E-state index contributed by atoms with van der Waals surface area (Å²) in [7, 11) is 0. The van der Waals surface area contributed by atoms with Crippen LogP contribution in [0.25, 0.3) is 11.0 Å². The van der Waals surface area contributed by atoms with Gasteiger partial charge < -0.3 is 14.9 Å². The number of aromatic carboxylic acids is 1. The van der Waals surface area contributed by atoms with Crippen molar-refractivity contribution in [3.8, 4) is 0 Å². The number of hydrogen-bond donors (Lipinski definition) is 1. The first-order valence-electron chi connectivity index (χ1n) is 4.30. The van der Waals surface area contributed by atoms with Crippen LogP contribution in [0.5, 0.6) is 0 Å². The van der Waals surface area contributed by atoms with Crippen molar-refractivity contribution >= 4 is 17.0 Å². The van der Waals surface area contributed by atoms with Gasteiger partial charge in [-0.1, -0.05) is 0 Å². The molecule has 0 atom stereocenters. The number of hydrogen-bond acceptors (Lipinski definition) is 4. The Morgan fingerprint density at radius 1 is 1.47 bits per heavy atom. The highest BCUT2D eigenvalue weighted by Gasteiger charge is 2.06.